The molecule has 0 atom stereocenters. The third-order valence-electron chi connectivity index (χ3n) is 3.95. The average molecular weight is 365 g/mol. The van der Waals surface area contributed by atoms with E-state index in [9.17, 15) is 4.79 Å². The number of aromatic nitrogens is 2. The van der Waals surface area contributed by atoms with Gasteiger partial charge in [-0.15, -0.1) is 10.2 Å². The van der Waals surface area contributed by atoms with E-state index in [1.54, 1.807) is 0 Å². The number of hydrogen-bond acceptors (Lipinski definition) is 5. The van der Waals surface area contributed by atoms with Crippen LogP contribution >= 0.6 is 0 Å². The summed E-state index contributed by atoms with van der Waals surface area (Å²) in [5, 5.41) is 10.9. The van der Waals surface area contributed by atoms with Crippen LogP contribution in [0.4, 0.5) is 0 Å². The van der Waals surface area contributed by atoms with Crippen molar-refractivity contribution in [1.29, 1.82) is 0 Å². The third kappa shape index (κ3) is 6.34. The van der Waals surface area contributed by atoms with Crippen LogP contribution in [0.1, 0.15) is 24.3 Å². The Hall–Kier alpha value is -2.99. The number of amides is 1. The first-order valence-electron chi connectivity index (χ1n) is 9.07. The van der Waals surface area contributed by atoms with Crippen LogP contribution in [-0.4, -0.2) is 29.3 Å². The molecule has 0 saturated carbocycles. The third-order valence-corrected chi connectivity index (χ3v) is 3.95. The summed E-state index contributed by atoms with van der Waals surface area (Å²) in [6.07, 6.45) is 1.52. The zero-order valence-corrected chi connectivity index (χ0v) is 15.1. The summed E-state index contributed by atoms with van der Waals surface area (Å²) in [7, 11) is 0. The lowest BCUT2D eigenvalue weighted by molar-refractivity contribution is -0.121. The van der Waals surface area contributed by atoms with Crippen LogP contribution in [0.25, 0.3) is 11.5 Å². The molecule has 0 spiro atoms. The quantitative estimate of drug-likeness (QED) is 0.557. The van der Waals surface area contributed by atoms with Gasteiger partial charge in [0.1, 0.15) is 0 Å². The predicted molar refractivity (Wildman–Crippen MR) is 102 cm³/mol. The van der Waals surface area contributed by atoms with Crippen molar-refractivity contribution in [2.75, 3.05) is 13.2 Å². The van der Waals surface area contributed by atoms with Crippen LogP contribution in [0.5, 0.6) is 0 Å². The Morgan fingerprint density at radius 1 is 1.00 bits per heavy atom. The molecule has 1 N–H and O–H groups in total. The average Bonchev–Trinajstić information content (AvgIpc) is 3.20. The Labute approximate surface area is 158 Å². The summed E-state index contributed by atoms with van der Waals surface area (Å²) < 4.78 is 11.2. The van der Waals surface area contributed by atoms with Crippen molar-refractivity contribution in [3.63, 3.8) is 0 Å². The highest BCUT2D eigenvalue weighted by Crippen LogP contribution is 2.17. The number of nitrogens with zero attached hydrogens (tertiary/aromatic N) is 2. The van der Waals surface area contributed by atoms with Crippen LogP contribution in [-0.2, 0) is 22.6 Å². The number of benzene rings is 2. The molecule has 3 rings (SSSR count). The van der Waals surface area contributed by atoms with Gasteiger partial charge in [-0.05, 0) is 24.1 Å². The van der Waals surface area contributed by atoms with E-state index in [4.69, 9.17) is 9.15 Å². The van der Waals surface area contributed by atoms with Gasteiger partial charge in [-0.2, -0.15) is 0 Å². The second-order valence-corrected chi connectivity index (χ2v) is 6.11. The molecule has 2 aromatic carbocycles. The second kappa shape index (κ2) is 10.2. The highest BCUT2D eigenvalue weighted by Gasteiger charge is 2.10. The molecule has 6 heteroatoms. The Morgan fingerprint density at radius 3 is 2.52 bits per heavy atom. The number of aryl methyl sites for hydroxylation is 1. The molecule has 0 aliphatic heterocycles. The van der Waals surface area contributed by atoms with Crippen molar-refractivity contribution in [3.05, 3.63) is 72.1 Å². The largest absolute Gasteiger partial charge is 0.421 e. The molecule has 27 heavy (non-hydrogen) atoms. The SMILES string of the molecule is O=C(CCc1nnc(-c2ccccc2)o1)NCCCOCc1ccccc1. The van der Waals surface area contributed by atoms with E-state index < -0.39 is 0 Å². The zero-order chi connectivity index (χ0) is 18.7. The fourth-order valence-corrected chi connectivity index (χ4v) is 2.53. The molecule has 1 amide bonds. The van der Waals surface area contributed by atoms with E-state index in [-0.39, 0.29) is 5.91 Å². The number of rotatable bonds is 10. The van der Waals surface area contributed by atoms with Crippen molar-refractivity contribution in [2.45, 2.75) is 25.9 Å². The lowest BCUT2D eigenvalue weighted by Crippen LogP contribution is -2.25. The van der Waals surface area contributed by atoms with Gasteiger partial charge in [0.2, 0.25) is 17.7 Å². The smallest absolute Gasteiger partial charge is 0.247 e. The van der Waals surface area contributed by atoms with Crippen molar-refractivity contribution in [1.82, 2.24) is 15.5 Å². The minimum atomic E-state index is -0.0301. The summed E-state index contributed by atoms with van der Waals surface area (Å²) in [4.78, 5) is 11.9. The molecule has 0 saturated heterocycles. The Bertz CT molecular complexity index is 819. The number of nitrogens with one attached hydrogen (secondary N) is 1. The Morgan fingerprint density at radius 2 is 1.74 bits per heavy atom. The maximum absolute atomic E-state index is 11.9. The minimum absolute atomic E-state index is 0.0301. The topological polar surface area (TPSA) is 77.2 Å². The number of ether oxygens (including phenoxy) is 1. The molecule has 0 bridgehead atoms. The number of hydrogen-bond donors (Lipinski definition) is 1. The molecular weight excluding hydrogens is 342 g/mol. The van der Waals surface area contributed by atoms with E-state index in [1.165, 1.54) is 0 Å². The van der Waals surface area contributed by atoms with Crippen LogP contribution in [0, 0.1) is 0 Å². The molecule has 0 radical (unpaired) electrons. The first-order chi connectivity index (χ1) is 13.3. The first kappa shape index (κ1) is 18.8. The fourth-order valence-electron chi connectivity index (χ4n) is 2.53. The normalized spacial score (nSPS) is 10.7. The van der Waals surface area contributed by atoms with Crippen LogP contribution in [0.2, 0.25) is 0 Å². The monoisotopic (exact) mass is 365 g/mol. The van der Waals surface area contributed by atoms with E-state index in [1.807, 2.05) is 60.7 Å². The van der Waals surface area contributed by atoms with E-state index in [0.717, 1.165) is 17.5 Å². The standard InChI is InChI=1S/C21H23N3O3/c25-19(22-14-7-15-26-16-17-8-3-1-4-9-17)12-13-20-23-24-21(27-20)18-10-5-2-6-11-18/h1-6,8-11H,7,12-16H2,(H,22,25). The zero-order valence-electron chi connectivity index (χ0n) is 15.1. The predicted octanol–water partition coefficient (Wildman–Crippen LogP) is 3.39. The van der Waals surface area contributed by atoms with Gasteiger partial charge < -0.3 is 14.5 Å². The van der Waals surface area contributed by atoms with Gasteiger partial charge in [-0.1, -0.05) is 48.5 Å². The van der Waals surface area contributed by atoms with E-state index >= 15 is 0 Å². The van der Waals surface area contributed by atoms with Crippen molar-refractivity contribution >= 4 is 5.91 Å². The van der Waals surface area contributed by atoms with Crippen LogP contribution in [0.3, 0.4) is 0 Å². The van der Waals surface area contributed by atoms with Crippen molar-refractivity contribution in [3.8, 4) is 11.5 Å². The molecule has 0 aliphatic rings. The summed E-state index contributed by atoms with van der Waals surface area (Å²) in [5.41, 5.74) is 2.02. The van der Waals surface area contributed by atoms with Gasteiger partial charge >= 0.3 is 0 Å². The molecule has 140 valence electrons. The number of carbonyl (C=O) groups excluding carboxylic acids is 1. The molecule has 6 nitrogen and oxygen atoms in total. The summed E-state index contributed by atoms with van der Waals surface area (Å²) in [6.45, 7) is 1.79. The Balaban J connectivity index is 1.28. The molecular formula is C21H23N3O3. The maximum atomic E-state index is 11.9. The van der Waals surface area contributed by atoms with Crippen molar-refractivity contribution < 1.29 is 13.9 Å². The van der Waals surface area contributed by atoms with Crippen molar-refractivity contribution in [2.24, 2.45) is 0 Å². The maximum Gasteiger partial charge on any atom is 0.247 e. The summed E-state index contributed by atoms with van der Waals surface area (Å²) in [6, 6.07) is 19.6. The molecule has 0 unspecified atom stereocenters. The summed E-state index contributed by atoms with van der Waals surface area (Å²) in [5.74, 6) is 0.911. The summed E-state index contributed by atoms with van der Waals surface area (Å²) >= 11 is 0. The second-order valence-electron chi connectivity index (χ2n) is 6.11. The van der Waals surface area contributed by atoms with Gasteiger partial charge in [0, 0.05) is 31.6 Å². The van der Waals surface area contributed by atoms with Gasteiger partial charge in [0.05, 0.1) is 6.61 Å². The van der Waals surface area contributed by atoms with Gasteiger partial charge in [0.15, 0.2) is 0 Å². The molecule has 0 aliphatic carbocycles. The van der Waals surface area contributed by atoms with Gasteiger partial charge in [-0.25, -0.2) is 0 Å². The molecule has 3 aromatic rings. The molecule has 1 heterocycles. The lowest BCUT2D eigenvalue weighted by Gasteiger charge is -2.06. The highest BCUT2D eigenvalue weighted by atomic mass is 16.5. The van der Waals surface area contributed by atoms with Crippen LogP contribution in [0.15, 0.2) is 65.1 Å². The molecule has 0 fully saturated rings. The van der Waals surface area contributed by atoms with Gasteiger partial charge in [-0.3, -0.25) is 4.79 Å². The van der Waals surface area contributed by atoms with Gasteiger partial charge in [0.25, 0.3) is 0 Å². The lowest BCUT2D eigenvalue weighted by atomic mass is 10.2. The minimum Gasteiger partial charge on any atom is -0.421 e. The van der Waals surface area contributed by atoms with Crippen LogP contribution < -0.4 is 5.32 Å². The molecule has 1 aromatic heterocycles. The first-order valence-corrected chi connectivity index (χ1v) is 9.07. The van der Waals surface area contributed by atoms with E-state index in [2.05, 4.69) is 15.5 Å². The number of carbonyl (C=O) groups is 1. The Kier molecular flexibility index (Phi) is 7.12. The highest BCUT2D eigenvalue weighted by molar-refractivity contribution is 5.75. The van der Waals surface area contributed by atoms with E-state index in [0.29, 0.717) is 44.4 Å². The fraction of sp³-hybridized carbons (Fsp3) is 0.286.